The van der Waals surface area contributed by atoms with Gasteiger partial charge in [-0.3, -0.25) is 0 Å². The summed E-state index contributed by atoms with van der Waals surface area (Å²) >= 11 is 0. The molecule has 0 aromatic heterocycles. The highest BCUT2D eigenvalue weighted by Gasteiger charge is 2.31. The highest BCUT2D eigenvalue weighted by Crippen LogP contribution is 2.39. The third kappa shape index (κ3) is 0.928. The molecule has 2 atom stereocenters. The van der Waals surface area contributed by atoms with Gasteiger partial charge in [-0.25, -0.2) is 0 Å². The number of rotatable bonds is 1. The molecule has 0 spiro atoms. The average Bonchev–Trinajstić information content (AvgIpc) is 2.22. The van der Waals surface area contributed by atoms with E-state index >= 15 is 0 Å². The minimum absolute atomic E-state index is 0.755. The molecule has 1 rings (SSSR count). The van der Waals surface area contributed by atoms with E-state index in [1.165, 1.54) is 6.42 Å². The van der Waals surface area contributed by atoms with Crippen LogP contribution in [-0.2, 0) is 0 Å². The number of hydrogen-bond donors (Lipinski definition) is 0. The first-order chi connectivity index (χ1) is 3.34. The van der Waals surface area contributed by atoms with Crippen molar-refractivity contribution in [2.24, 2.45) is 11.8 Å². The smallest absolute Gasteiger partial charge is 0.0624 e. The predicted octanol–water partition coefficient (Wildman–Crippen LogP) is 1.56. The quantitative estimate of drug-likeness (QED) is 0.484. The Kier molecular flexibility index (Phi) is 1.02. The Balaban J connectivity index is 2.12. The maximum atomic E-state index is 8.14. The fourth-order valence-electron chi connectivity index (χ4n) is 0.801. The van der Waals surface area contributed by atoms with Gasteiger partial charge in [-0.2, -0.15) is 5.26 Å². The molecule has 2 unspecified atom stereocenters. The van der Waals surface area contributed by atoms with Gasteiger partial charge >= 0.3 is 0 Å². The number of hydrogen-bond acceptors (Lipinski definition) is 1. The minimum atomic E-state index is 0.755. The van der Waals surface area contributed by atoms with Crippen LogP contribution in [0.5, 0.6) is 0 Å². The van der Waals surface area contributed by atoms with Gasteiger partial charge in [0, 0.05) is 6.42 Å². The topological polar surface area (TPSA) is 23.8 Å². The first-order valence-corrected chi connectivity index (χ1v) is 2.71. The summed E-state index contributed by atoms with van der Waals surface area (Å²) in [5, 5.41) is 8.14. The van der Waals surface area contributed by atoms with Crippen LogP contribution in [0.1, 0.15) is 19.8 Å². The fraction of sp³-hybridized carbons (Fsp3) is 0.833. The van der Waals surface area contributed by atoms with Gasteiger partial charge in [-0.1, -0.05) is 6.92 Å². The van der Waals surface area contributed by atoms with E-state index in [9.17, 15) is 0 Å². The summed E-state index contributed by atoms with van der Waals surface area (Å²) in [7, 11) is 0. The Hall–Kier alpha value is -0.510. The lowest BCUT2D eigenvalue weighted by atomic mass is 10.3. The van der Waals surface area contributed by atoms with Crippen LogP contribution in [0.2, 0.25) is 0 Å². The summed E-state index contributed by atoms with van der Waals surface area (Å²) in [5.41, 5.74) is 0. The van der Waals surface area contributed by atoms with Gasteiger partial charge < -0.3 is 0 Å². The lowest BCUT2D eigenvalue weighted by Gasteiger charge is -1.76. The van der Waals surface area contributed by atoms with Crippen LogP contribution < -0.4 is 0 Å². The zero-order valence-corrected chi connectivity index (χ0v) is 4.52. The minimum Gasteiger partial charge on any atom is -0.198 e. The zero-order chi connectivity index (χ0) is 5.28. The van der Waals surface area contributed by atoms with E-state index in [0.29, 0.717) is 0 Å². The van der Waals surface area contributed by atoms with Gasteiger partial charge in [-0.05, 0) is 18.3 Å². The van der Waals surface area contributed by atoms with E-state index in [4.69, 9.17) is 5.26 Å². The molecule has 1 aliphatic carbocycles. The largest absolute Gasteiger partial charge is 0.198 e. The molecule has 0 aromatic carbocycles. The molecular weight excluding hydrogens is 86.1 g/mol. The van der Waals surface area contributed by atoms with Crippen molar-refractivity contribution in [1.29, 1.82) is 5.26 Å². The van der Waals surface area contributed by atoms with E-state index in [2.05, 4.69) is 13.0 Å². The van der Waals surface area contributed by atoms with E-state index in [0.717, 1.165) is 18.3 Å². The van der Waals surface area contributed by atoms with Gasteiger partial charge in [0.15, 0.2) is 0 Å². The summed E-state index contributed by atoms with van der Waals surface area (Å²) in [6, 6.07) is 2.16. The van der Waals surface area contributed by atoms with E-state index < -0.39 is 0 Å². The summed E-state index contributed by atoms with van der Waals surface area (Å²) in [6.45, 7) is 2.20. The van der Waals surface area contributed by atoms with Crippen LogP contribution in [0.4, 0.5) is 0 Å². The molecule has 7 heavy (non-hydrogen) atoms. The molecule has 0 aliphatic heterocycles. The molecule has 38 valence electrons. The molecule has 0 N–H and O–H groups in total. The third-order valence-corrected chi connectivity index (χ3v) is 1.63. The van der Waals surface area contributed by atoms with E-state index in [-0.39, 0.29) is 0 Å². The molecule has 0 amide bonds. The second kappa shape index (κ2) is 1.54. The van der Waals surface area contributed by atoms with Crippen molar-refractivity contribution < 1.29 is 0 Å². The van der Waals surface area contributed by atoms with Crippen molar-refractivity contribution in [2.75, 3.05) is 0 Å². The first-order valence-electron chi connectivity index (χ1n) is 2.71. The fourth-order valence-corrected chi connectivity index (χ4v) is 0.801. The standard InChI is InChI=1S/C6H9N/c1-5-4-6(5)2-3-7/h5-6H,2,4H2,1H3. The highest BCUT2D eigenvalue weighted by molar-refractivity contribution is 4.89. The van der Waals surface area contributed by atoms with Crippen LogP contribution in [0.15, 0.2) is 0 Å². The zero-order valence-electron chi connectivity index (χ0n) is 4.52. The van der Waals surface area contributed by atoms with Crippen molar-refractivity contribution in [1.82, 2.24) is 0 Å². The Morgan fingerprint density at radius 2 is 2.43 bits per heavy atom. The lowest BCUT2D eigenvalue weighted by molar-refractivity contribution is 0.773. The van der Waals surface area contributed by atoms with Crippen molar-refractivity contribution in [3.63, 3.8) is 0 Å². The van der Waals surface area contributed by atoms with Crippen LogP contribution in [0, 0.1) is 23.2 Å². The third-order valence-electron chi connectivity index (χ3n) is 1.63. The second-order valence-corrected chi connectivity index (χ2v) is 2.34. The van der Waals surface area contributed by atoms with Crippen LogP contribution in [-0.4, -0.2) is 0 Å². The number of nitrogens with zero attached hydrogens (tertiary/aromatic N) is 1. The Bertz CT molecular complexity index is 101. The molecule has 1 fully saturated rings. The van der Waals surface area contributed by atoms with Crippen molar-refractivity contribution >= 4 is 0 Å². The first kappa shape index (κ1) is 4.64. The molecule has 1 nitrogen and oxygen atoms in total. The maximum Gasteiger partial charge on any atom is 0.0624 e. The Morgan fingerprint density at radius 3 is 2.57 bits per heavy atom. The maximum absolute atomic E-state index is 8.14. The Morgan fingerprint density at radius 1 is 1.86 bits per heavy atom. The summed E-state index contributed by atoms with van der Waals surface area (Å²) in [5.74, 6) is 1.60. The molecular formula is C6H9N. The lowest BCUT2D eigenvalue weighted by Crippen LogP contribution is -1.71. The van der Waals surface area contributed by atoms with Crippen molar-refractivity contribution in [3.8, 4) is 6.07 Å². The molecule has 0 heterocycles. The Labute approximate surface area is 44.0 Å². The normalized spacial score (nSPS) is 37.1. The van der Waals surface area contributed by atoms with Crippen molar-refractivity contribution in [3.05, 3.63) is 0 Å². The summed E-state index contributed by atoms with van der Waals surface area (Å²) < 4.78 is 0. The summed E-state index contributed by atoms with van der Waals surface area (Å²) in [4.78, 5) is 0. The van der Waals surface area contributed by atoms with Crippen LogP contribution in [0.25, 0.3) is 0 Å². The van der Waals surface area contributed by atoms with Gasteiger partial charge in [0.1, 0.15) is 0 Å². The van der Waals surface area contributed by atoms with Gasteiger partial charge in [0.25, 0.3) is 0 Å². The molecule has 0 aromatic rings. The van der Waals surface area contributed by atoms with Gasteiger partial charge in [0.05, 0.1) is 6.07 Å². The molecule has 1 aliphatic rings. The summed E-state index contributed by atoms with van der Waals surface area (Å²) in [6.07, 6.45) is 2.06. The predicted molar refractivity (Wildman–Crippen MR) is 27.5 cm³/mol. The SMILES string of the molecule is CC1CC1CC#N. The van der Waals surface area contributed by atoms with Crippen LogP contribution >= 0.6 is 0 Å². The monoisotopic (exact) mass is 95.1 g/mol. The number of nitriles is 1. The molecule has 1 heteroatoms. The second-order valence-electron chi connectivity index (χ2n) is 2.34. The molecule has 0 bridgehead atoms. The molecule has 0 radical (unpaired) electrons. The highest BCUT2D eigenvalue weighted by atomic mass is 14.4. The van der Waals surface area contributed by atoms with E-state index in [1.54, 1.807) is 0 Å². The molecule has 0 saturated heterocycles. The average molecular weight is 95.1 g/mol. The van der Waals surface area contributed by atoms with Gasteiger partial charge in [-0.15, -0.1) is 0 Å². The van der Waals surface area contributed by atoms with Crippen LogP contribution in [0.3, 0.4) is 0 Å². The van der Waals surface area contributed by atoms with E-state index in [1.807, 2.05) is 0 Å². The van der Waals surface area contributed by atoms with Crippen molar-refractivity contribution in [2.45, 2.75) is 19.8 Å². The molecule has 1 saturated carbocycles. The van der Waals surface area contributed by atoms with Gasteiger partial charge in [0.2, 0.25) is 0 Å².